The summed E-state index contributed by atoms with van der Waals surface area (Å²) in [5.74, 6) is 0. The fraction of sp³-hybridized carbons (Fsp3) is 0.125. The topological polar surface area (TPSA) is 89.5 Å². The molecule has 0 fully saturated rings. The lowest BCUT2D eigenvalue weighted by Gasteiger charge is -2.13. The van der Waals surface area contributed by atoms with Crippen LogP contribution in [0.4, 0.5) is 16.2 Å². The first-order chi connectivity index (χ1) is 6.52. The molecule has 0 bridgehead atoms. The number of carbonyl (C=O) groups excluding carboxylic acids is 1. The maximum atomic E-state index is 10.8. The van der Waals surface area contributed by atoms with Crippen molar-refractivity contribution >= 4 is 17.4 Å². The van der Waals surface area contributed by atoms with Crippen LogP contribution in [0.2, 0.25) is 0 Å². The summed E-state index contributed by atoms with van der Waals surface area (Å²) in [6, 6.07) is 5.03. The second-order valence-electron chi connectivity index (χ2n) is 2.67. The molecule has 14 heavy (non-hydrogen) atoms. The molecule has 0 saturated carbocycles. The highest BCUT2D eigenvalue weighted by atomic mass is 16.6. The van der Waals surface area contributed by atoms with Crippen LogP contribution in [0.1, 0.15) is 0 Å². The first kappa shape index (κ1) is 9.97. The van der Waals surface area contributed by atoms with E-state index in [0.29, 0.717) is 5.69 Å². The van der Waals surface area contributed by atoms with Crippen molar-refractivity contribution in [3.63, 3.8) is 0 Å². The van der Waals surface area contributed by atoms with E-state index in [9.17, 15) is 14.9 Å². The maximum Gasteiger partial charge on any atom is 0.318 e. The number of nitrogens with zero attached hydrogens (tertiary/aromatic N) is 2. The predicted octanol–water partition coefficient (Wildman–Crippen LogP) is 1.11. The second kappa shape index (κ2) is 3.73. The molecule has 0 aliphatic rings. The minimum Gasteiger partial charge on any atom is -0.351 e. The molecule has 1 rings (SSSR count). The van der Waals surface area contributed by atoms with Gasteiger partial charge in [0.15, 0.2) is 0 Å². The highest BCUT2D eigenvalue weighted by Gasteiger charge is 2.10. The molecule has 0 radical (unpaired) electrons. The molecular formula is C8H9N3O3. The van der Waals surface area contributed by atoms with Gasteiger partial charge in [0, 0.05) is 19.2 Å². The SMILES string of the molecule is CN(C(N)=O)c1cccc([N+](=O)[O-])c1. The van der Waals surface area contributed by atoms with Crippen LogP contribution in [0.15, 0.2) is 24.3 Å². The highest BCUT2D eigenvalue weighted by Crippen LogP contribution is 2.19. The summed E-state index contributed by atoms with van der Waals surface area (Å²) < 4.78 is 0. The van der Waals surface area contributed by atoms with Crippen LogP contribution >= 0.6 is 0 Å². The summed E-state index contributed by atoms with van der Waals surface area (Å²) in [7, 11) is 1.45. The van der Waals surface area contributed by atoms with Gasteiger partial charge in [0.25, 0.3) is 5.69 Å². The lowest BCUT2D eigenvalue weighted by molar-refractivity contribution is -0.384. The van der Waals surface area contributed by atoms with Crippen LogP contribution in [0, 0.1) is 10.1 Å². The third kappa shape index (κ3) is 1.98. The number of rotatable bonds is 2. The van der Waals surface area contributed by atoms with Crippen molar-refractivity contribution in [2.75, 3.05) is 11.9 Å². The molecule has 0 spiro atoms. The van der Waals surface area contributed by atoms with Crippen LogP contribution in [0.5, 0.6) is 0 Å². The van der Waals surface area contributed by atoms with Crippen molar-refractivity contribution < 1.29 is 9.72 Å². The number of nitro groups is 1. The minimum atomic E-state index is -0.662. The Morgan fingerprint density at radius 2 is 2.21 bits per heavy atom. The highest BCUT2D eigenvalue weighted by molar-refractivity contribution is 5.90. The van der Waals surface area contributed by atoms with Crippen molar-refractivity contribution in [3.05, 3.63) is 34.4 Å². The van der Waals surface area contributed by atoms with Gasteiger partial charge in [0.2, 0.25) is 0 Å². The van der Waals surface area contributed by atoms with Gasteiger partial charge < -0.3 is 5.73 Å². The number of primary amides is 1. The standard InChI is InChI=1S/C8H9N3O3/c1-10(8(9)12)6-3-2-4-7(5-6)11(13)14/h2-5H,1H3,(H2,9,12). The Balaban J connectivity index is 3.05. The van der Waals surface area contributed by atoms with Gasteiger partial charge in [0.05, 0.1) is 10.6 Å². The number of hydrogen-bond acceptors (Lipinski definition) is 3. The molecule has 1 aromatic rings. The van der Waals surface area contributed by atoms with Crippen LogP contribution in [-0.2, 0) is 0 Å². The van der Waals surface area contributed by atoms with Crippen LogP contribution in [0.3, 0.4) is 0 Å². The Bertz CT molecular complexity index is 378. The van der Waals surface area contributed by atoms with E-state index in [4.69, 9.17) is 5.73 Å². The van der Waals surface area contributed by atoms with Crippen molar-refractivity contribution in [3.8, 4) is 0 Å². The van der Waals surface area contributed by atoms with Gasteiger partial charge in [-0.15, -0.1) is 0 Å². The molecule has 0 saturated heterocycles. The number of nitrogens with two attached hydrogens (primary N) is 1. The zero-order valence-corrected chi connectivity index (χ0v) is 7.51. The van der Waals surface area contributed by atoms with Crippen LogP contribution < -0.4 is 10.6 Å². The fourth-order valence-corrected chi connectivity index (χ4v) is 0.942. The molecule has 0 aromatic heterocycles. The van der Waals surface area contributed by atoms with E-state index >= 15 is 0 Å². The molecular weight excluding hydrogens is 186 g/mol. The van der Waals surface area contributed by atoms with E-state index in [-0.39, 0.29) is 5.69 Å². The number of hydrogen-bond donors (Lipinski definition) is 1. The van der Waals surface area contributed by atoms with E-state index < -0.39 is 11.0 Å². The third-order valence-corrected chi connectivity index (χ3v) is 1.76. The molecule has 74 valence electrons. The summed E-state index contributed by atoms with van der Waals surface area (Å²) >= 11 is 0. The van der Waals surface area contributed by atoms with Crippen LogP contribution in [0.25, 0.3) is 0 Å². The van der Waals surface area contributed by atoms with Gasteiger partial charge in [-0.2, -0.15) is 0 Å². The first-order valence-corrected chi connectivity index (χ1v) is 3.80. The number of non-ortho nitro benzene ring substituents is 1. The first-order valence-electron chi connectivity index (χ1n) is 3.80. The van der Waals surface area contributed by atoms with Crippen molar-refractivity contribution in [2.45, 2.75) is 0 Å². The Labute approximate surface area is 80.1 Å². The number of benzene rings is 1. The largest absolute Gasteiger partial charge is 0.351 e. The molecule has 1 aromatic carbocycles. The molecule has 2 N–H and O–H groups in total. The molecule has 0 aliphatic carbocycles. The van der Waals surface area contributed by atoms with E-state index in [1.54, 1.807) is 6.07 Å². The molecule has 2 amide bonds. The van der Waals surface area contributed by atoms with E-state index in [1.807, 2.05) is 0 Å². The fourth-order valence-electron chi connectivity index (χ4n) is 0.942. The Morgan fingerprint density at radius 1 is 1.57 bits per heavy atom. The van der Waals surface area contributed by atoms with Gasteiger partial charge >= 0.3 is 6.03 Å². The summed E-state index contributed by atoms with van der Waals surface area (Å²) in [6.45, 7) is 0. The lowest BCUT2D eigenvalue weighted by atomic mass is 10.2. The smallest absolute Gasteiger partial charge is 0.318 e. The van der Waals surface area contributed by atoms with Crippen molar-refractivity contribution in [1.82, 2.24) is 0 Å². The summed E-state index contributed by atoms with van der Waals surface area (Å²) in [5, 5.41) is 10.4. The third-order valence-electron chi connectivity index (χ3n) is 1.76. The average Bonchev–Trinajstić information content (AvgIpc) is 2.16. The number of anilines is 1. The van der Waals surface area contributed by atoms with Gasteiger partial charge in [-0.25, -0.2) is 4.79 Å². The zero-order chi connectivity index (χ0) is 10.7. The average molecular weight is 195 g/mol. The molecule has 0 aliphatic heterocycles. The summed E-state index contributed by atoms with van der Waals surface area (Å²) in [5.41, 5.74) is 5.33. The number of carbonyl (C=O) groups is 1. The zero-order valence-electron chi connectivity index (χ0n) is 7.51. The molecule has 6 nitrogen and oxygen atoms in total. The van der Waals surface area contributed by atoms with Gasteiger partial charge in [0.1, 0.15) is 0 Å². The molecule has 0 atom stereocenters. The number of urea groups is 1. The van der Waals surface area contributed by atoms with Crippen molar-refractivity contribution in [2.24, 2.45) is 5.73 Å². The Morgan fingerprint density at radius 3 is 2.71 bits per heavy atom. The Kier molecular flexibility index (Phi) is 2.66. The maximum absolute atomic E-state index is 10.8. The molecule has 6 heteroatoms. The summed E-state index contributed by atoms with van der Waals surface area (Å²) in [4.78, 5) is 21.8. The van der Waals surface area contributed by atoms with Crippen LogP contribution in [-0.4, -0.2) is 18.0 Å². The number of amides is 2. The van der Waals surface area contributed by atoms with Crippen molar-refractivity contribution in [1.29, 1.82) is 0 Å². The number of nitro benzene ring substituents is 1. The monoisotopic (exact) mass is 195 g/mol. The Hall–Kier alpha value is -2.11. The van der Waals surface area contributed by atoms with Gasteiger partial charge in [-0.1, -0.05) is 6.07 Å². The quantitative estimate of drug-likeness (QED) is 0.566. The van der Waals surface area contributed by atoms with E-state index in [1.165, 1.54) is 25.2 Å². The predicted molar refractivity (Wildman–Crippen MR) is 51.1 cm³/mol. The molecule has 0 heterocycles. The molecule has 0 unspecified atom stereocenters. The minimum absolute atomic E-state index is 0.0735. The van der Waals surface area contributed by atoms with Gasteiger partial charge in [-0.3, -0.25) is 15.0 Å². The van der Waals surface area contributed by atoms with Gasteiger partial charge in [-0.05, 0) is 6.07 Å². The van der Waals surface area contributed by atoms with E-state index in [0.717, 1.165) is 4.90 Å². The summed E-state index contributed by atoms with van der Waals surface area (Å²) in [6.07, 6.45) is 0. The normalized spacial score (nSPS) is 9.50. The lowest BCUT2D eigenvalue weighted by Crippen LogP contribution is -2.31. The second-order valence-corrected chi connectivity index (χ2v) is 2.67. The van der Waals surface area contributed by atoms with E-state index in [2.05, 4.69) is 0 Å².